The van der Waals surface area contributed by atoms with Gasteiger partial charge in [-0.25, -0.2) is 4.79 Å². The molecule has 1 aromatic heterocycles. The number of nitrogen functional groups attached to an aromatic ring is 1. The summed E-state index contributed by atoms with van der Waals surface area (Å²) in [5, 5.41) is 2.07. The minimum atomic E-state index is -0.371. The highest BCUT2D eigenvalue weighted by atomic mass is 32.1. The smallest absolute Gasteiger partial charge is 0.340 e. The average molecular weight is 304 g/mol. The third-order valence-electron chi connectivity index (χ3n) is 3.21. The Kier molecular flexibility index (Phi) is 5.22. The Bertz CT molecular complexity index is 596. The molecule has 0 fully saturated rings. The van der Waals surface area contributed by atoms with Crippen molar-refractivity contribution < 1.29 is 9.53 Å². The first-order valence-electron chi connectivity index (χ1n) is 6.99. The molecule has 5 heteroatoms. The Labute approximate surface area is 129 Å². The fourth-order valence-corrected chi connectivity index (χ4v) is 2.82. The molecule has 2 rings (SSSR count). The summed E-state index contributed by atoms with van der Waals surface area (Å²) >= 11 is 1.73. The zero-order chi connectivity index (χ0) is 15.2. The molecule has 0 bridgehead atoms. The summed E-state index contributed by atoms with van der Waals surface area (Å²) in [7, 11) is 0. The van der Waals surface area contributed by atoms with Gasteiger partial charge in [0.25, 0.3) is 0 Å². The molecule has 0 saturated heterocycles. The molecule has 2 N–H and O–H groups in total. The highest BCUT2D eigenvalue weighted by Crippen LogP contribution is 2.24. The molecule has 0 amide bonds. The minimum Gasteiger partial charge on any atom is -0.462 e. The summed E-state index contributed by atoms with van der Waals surface area (Å²) in [6, 6.07) is 9.66. The largest absolute Gasteiger partial charge is 0.462 e. The van der Waals surface area contributed by atoms with Gasteiger partial charge in [0, 0.05) is 22.8 Å². The van der Waals surface area contributed by atoms with Crippen LogP contribution >= 0.6 is 11.3 Å². The lowest BCUT2D eigenvalue weighted by molar-refractivity contribution is 0.0527. The molecule has 0 aliphatic carbocycles. The second-order valence-electron chi connectivity index (χ2n) is 4.59. The van der Waals surface area contributed by atoms with Gasteiger partial charge in [-0.05, 0) is 43.5 Å². The van der Waals surface area contributed by atoms with E-state index >= 15 is 0 Å². The second kappa shape index (κ2) is 7.13. The van der Waals surface area contributed by atoms with E-state index in [2.05, 4.69) is 23.3 Å². The van der Waals surface area contributed by atoms with Crippen LogP contribution in [0.25, 0.3) is 0 Å². The topological polar surface area (TPSA) is 55.6 Å². The van der Waals surface area contributed by atoms with Gasteiger partial charge >= 0.3 is 5.97 Å². The number of carbonyl (C=O) groups excluding carboxylic acids is 1. The van der Waals surface area contributed by atoms with Crippen LogP contribution in [0.3, 0.4) is 0 Å². The third-order valence-corrected chi connectivity index (χ3v) is 4.07. The van der Waals surface area contributed by atoms with E-state index in [1.807, 2.05) is 18.2 Å². The van der Waals surface area contributed by atoms with Gasteiger partial charge < -0.3 is 15.4 Å². The molecule has 0 atom stereocenters. The van der Waals surface area contributed by atoms with E-state index in [-0.39, 0.29) is 5.97 Å². The monoisotopic (exact) mass is 304 g/mol. The molecule has 0 unspecified atom stereocenters. The Morgan fingerprint density at radius 1 is 1.33 bits per heavy atom. The number of anilines is 2. The zero-order valence-corrected chi connectivity index (χ0v) is 13.2. The van der Waals surface area contributed by atoms with Crippen molar-refractivity contribution in [3.63, 3.8) is 0 Å². The quantitative estimate of drug-likeness (QED) is 0.655. The van der Waals surface area contributed by atoms with Crippen LogP contribution in [0.4, 0.5) is 11.4 Å². The zero-order valence-electron chi connectivity index (χ0n) is 12.3. The number of thiophene rings is 1. The van der Waals surface area contributed by atoms with Gasteiger partial charge in [-0.1, -0.05) is 6.07 Å². The van der Waals surface area contributed by atoms with Crippen LogP contribution in [0, 0.1) is 0 Å². The molecule has 21 heavy (non-hydrogen) atoms. The number of hydrogen-bond donors (Lipinski definition) is 1. The van der Waals surface area contributed by atoms with Gasteiger partial charge in [-0.15, -0.1) is 11.3 Å². The van der Waals surface area contributed by atoms with Crippen molar-refractivity contribution in [2.45, 2.75) is 20.4 Å². The Hall–Kier alpha value is -2.01. The second-order valence-corrected chi connectivity index (χ2v) is 5.62. The third kappa shape index (κ3) is 3.76. The fraction of sp³-hybridized carbons (Fsp3) is 0.312. The van der Waals surface area contributed by atoms with Gasteiger partial charge in [0.1, 0.15) is 0 Å². The molecule has 0 spiro atoms. The predicted molar refractivity (Wildman–Crippen MR) is 87.9 cm³/mol. The number of nitrogens with two attached hydrogens (primary N) is 1. The number of rotatable bonds is 6. The maximum atomic E-state index is 11.9. The molecule has 1 heterocycles. The van der Waals surface area contributed by atoms with Crippen LogP contribution in [0.1, 0.15) is 29.1 Å². The predicted octanol–water partition coefficient (Wildman–Crippen LogP) is 3.53. The van der Waals surface area contributed by atoms with Crippen molar-refractivity contribution in [2.75, 3.05) is 23.8 Å². The average Bonchev–Trinajstić information content (AvgIpc) is 2.98. The molecular weight excluding hydrogens is 284 g/mol. The maximum absolute atomic E-state index is 11.9. The number of esters is 1. The first kappa shape index (κ1) is 15.4. The summed E-state index contributed by atoms with van der Waals surface area (Å²) in [5.41, 5.74) is 7.73. The van der Waals surface area contributed by atoms with E-state index in [0.29, 0.717) is 17.9 Å². The molecular formula is C16H20N2O2S. The normalized spacial score (nSPS) is 10.4. The highest BCUT2D eigenvalue weighted by Gasteiger charge is 2.14. The Balaban J connectivity index is 2.25. The number of hydrogen-bond acceptors (Lipinski definition) is 5. The molecule has 0 saturated carbocycles. The van der Waals surface area contributed by atoms with E-state index in [9.17, 15) is 4.79 Å². The van der Waals surface area contributed by atoms with Crippen molar-refractivity contribution in [3.8, 4) is 0 Å². The minimum absolute atomic E-state index is 0.342. The van der Waals surface area contributed by atoms with E-state index in [1.165, 1.54) is 4.88 Å². The van der Waals surface area contributed by atoms with Gasteiger partial charge in [0.2, 0.25) is 0 Å². The SMILES string of the molecule is CCOC(=O)c1cc(N(CC)Cc2cccs2)ccc1N. The van der Waals surface area contributed by atoms with Crippen LogP contribution < -0.4 is 10.6 Å². The first-order valence-corrected chi connectivity index (χ1v) is 7.87. The summed E-state index contributed by atoms with van der Waals surface area (Å²) in [5.74, 6) is -0.371. The fourth-order valence-electron chi connectivity index (χ4n) is 2.10. The van der Waals surface area contributed by atoms with Crippen LogP contribution in [-0.4, -0.2) is 19.1 Å². The number of ether oxygens (including phenoxy) is 1. The molecule has 1 aromatic carbocycles. The summed E-state index contributed by atoms with van der Waals surface area (Å²) in [6.07, 6.45) is 0. The molecule has 0 aliphatic rings. The number of carbonyl (C=O) groups is 1. The van der Waals surface area contributed by atoms with Crippen molar-refractivity contribution >= 4 is 28.7 Å². The van der Waals surface area contributed by atoms with Crippen molar-refractivity contribution in [3.05, 3.63) is 46.2 Å². The van der Waals surface area contributed by atoms with Gasteiger partial charge in [-0.3, -0.25) is 0 Å². The Morgan fingerprint density at radius 3 is 2.76 bits per heavy atom. The molecule has 0 radical (unpaired) electrons. The summed E-state index contributed by atoms with van der Waals surface area (Å²) in [4.78, 5) is 15.4. The highest BCUT2D eigenvalue weighted by molar-refractivity contribution is 7.09. The maximum Gasteiger partial charge on any atom is 0.340 e. The van der Waals surface area contributed by atoms with Crippen LogP contribution in [0.15, 0.2) is 35.7 Å². The van der Waals surface area contributed by atoms with E-state index in [4.69, 9.17) is 10.5 Å². The molecule has 4 nitrogen and oxygen atoms in total. The number of benzene rings is 1. The van der Waals surface area contributed by atoms with E-state index in [0.717, 1.165) is 18.8 Å². The van der Waals surface area contributed by atoms with Crippen molar-refractivity contribution in [2.24, 2.45) is 0 Å². The van der Waals surface area contributed by atoms with E-state index < -0.39 is 0 Å². The van der Waals surface area contributed by atoms with Crippen molar-refractivity contribution in [1.29, 1.82) is 0 Å². The summed E-state index contributed by atoms with van der Waals surface area (Å²) in [6.45, 7) is 5.89. The van der Waals surface area contributed by atoms with Gasteiger partial charge in [0.05, 0.1) is 18.7 Å². The van der Waals surface area contributed by atoms with E-state index in [1.54, 1.807) is 24.3 Å². The molecule has 112 valence electrons. The first-order chi connectivity index (χ1) is 10.2. The molecule has 0 aliphatic heterocycles. The van der Waals surface area contributed by atoms with Crippen molar-refractivity contribution in [1.82, 2.24) is 0 Å². The molecule has 2 aromatic rings. The standard InChI is InChI=1S/C16H20N2O2S/c1-3-18(11-13-6-5-9-21-13)12-7-8-15(17)14(10-12)16(19)20-4-2/h5-10H,3-4,11,17H2,1-2H3. The lowest BCUT2D eigenvalue weighted by Gasteiger charge is -2.23. The lowest BCUT2D eigenvalue weighted by Crippen LogP contribution is -2.22. The number of nitrogens with zero attached hydrogens (tertiary/aromatic N) is 1. The van der Waals surface area contributed by atoms with Gasteiger partial charge in [0.15, 0.2) is 0 Å². The Morgan fingerprint density at radius 2 is 2.14 bits per heavy atom. The van der Waals surface area contributed by atoms with Crippen LogP contribution in [0.2, 0.25) is 0 Å². The van der Waals surface area contributed by atoms with Crippen LogP contribution in [-0.2, 0) is 11.3 Å². The lowest BCUT2D eigenvalue weighted by atomic mass is 10.1. The summed E-state index contributed by atoms with van der Waals surface area (Å²) < 4.78 is 5.05. The van der Waals surface area contributed by atoms with Gasteiger partial charge in [-0.2, -0.15) is 0 Å². The van der Waals surface area contributed by atoms with Crippen LogP contribution in [0.5, 0.6) is 0 Å².